The highest BCUT2D eigenvalue weighted by molar-refractivity contribution is 6.30. The van der Waals surface area contributed by atoms with E-state index in [0.29, 0.717) is 41.6 Å². The van der Waals surface area contributed by atoms with E-state index in [-0.39, 0.29) is 11.8 Å². The van der Waals surface area contributed by atoms with Crippen LogP contribution in [0, 0.1) is 12.8 Å². The van der Waals surface area contributed by atoms with Crippen molar-refractivity contribution in [3.05, 3.63) is 76.8 Å². The molecule has 6 nitrogen and oxygen atoms in total. The molecule has 1 aliphatic heterocycles. The number of carbonyl (C=O) groups is 1. The number of pyridine rings is 2. The molecule has 1 saturated heterocycles. The van der Waals surface area contributed by atoms with Crippen LogP contribution in [0.3, 0.4) is 0 Å². The van der Waals surface area contributed by atoms with Crippen molar-refractivity contribution in [3.63, 3.8) is 0 Å². The van der Waals surface area contributed by atoms with Crippen LogP contribution in [0.4, 0.5) is 0 Å². The van der Waals surface area contributed by atoms with Crippen LogP contribution in [0.15, 0.2) is 54.9 Å². The number of amides is 1. The zero-order valence-corrected chi connectivity index (χ0v) is 17.3. The van der Waals surface area contributed by atoms with E-state index in [9.17, 15) is 9.90 Å². The van der Waals surface area contributed by atoms with Gasteiger partial charge in [-0.25, -0.2) is 4.98 Å². The number of para-hydroxylation sites is 1. The Hall–Kier alpha value is -2.96. The molecule has 5 rings (SSSR count). The van der Waals surface area contributed by atoms with Gasteiger partial charge >= 0.3 is 0 Å². The predicted molar refractivity (Wildman–Crippen MR) is 116 cm³/mol. The fraction of sp³-hybridized carbons (Fsp3) is 0.261. The second-order valence-corrected chi connectivity index (χ2v) is 8.29. The van der Waals surface area contributed by atoms with Gasteiger partial charge in [0.2, 0.25) is 0 Å². The number of aliphatic hydroxyl groups excluding tert-OH is 1. The van der Waals surface area contributed by atoms with Gasteiger partial charge in [-0.3, -0.25) is 14.2 Å². The van der Waals surface area contributed by atoms with Crippen molar-refractivity contribution < 1.29 is 9.90 Å². The van der Waals surface area contributed by atoms with Crippen LogP contribution in [0.2, 0.25) is 5.02 Å². The Kier molecular flexibility index (Phi) is 4.68. The minimum Gasteiger partial charge on any atom is -0.391 e. The lowest BCUT2D eigenvalue weighted by atomic mass is 9.94. The van der Waals surface area contributed by atoms with E-state index in [1.165, 1.54) is 0 Å². The Balaban J connectivity index is 1.41. The first-order valence-corrected chi connectivity index (χ1v) is 10.3. The van der Waals surface area contributed by atoms with Crippen LogP contribution in [-0.2, 0) is 6.42 Å². The molecule has 0 unspecified atom stereocenters. The molecule has 2 atom stereocenters. The van der Waals surface area contributed by atoms with E-state index in [1.807, 2.05) is 37.3 Å². The number of aryl methyl sites for hydroxylation is 1. The van der Waals surface area contributed by atoms with Crippen molar-refractivity contribution in [1.29, 1.82) is 0 Å². The third kappa shape index (κ3) is 3.22. The molecule has 1 aromatic carbocycles. The van der Waals surface area contributed by atoms with Gasteiger partial charge in [-0.05, 0) is 43.2 Å². The highest BCUT2D eigenvalue weighted by Gasteiger charge is 2.36. The number of rotatable bonds is 3. The van der Waals surface area contributed by atoms with Gasteiger partial charge in [0.25, 0.3) is 5.91 Å². The number of aromatic nitrogens is 3. The summed E-state index contributed by atoms with van der Waals surface area (Å²) in [6.45, 7) is 2.62. The van der Waals surface area contributed by atoms with Crippen LogP contribution in [0.25, 0.3) is 16.6 Å². The molecule has 152 valence electrons. The van der Waals surface area contributed by atoms with Gasteiger partial charge in [-0.1, -0.05) is 29.8 Å². The molecule has 0 aliphatic carbocycles. The average Bonchev–Trinajstić information content (AvgIpc) is 3.26. The van der Waals surface area contributed by atoms with Crippen LogP contribution < -0.4 is 0 Å². The summed E-state index contributed by atoms with van der Waals surface area (Å²) in [5, 5.41) is 12.3. The van der Waals surface area contributed by atoms with Crippen molar-refractivity contribution in [2.24, 2.45) is 5.92 Å². The van der Waals surface area contributed by atoms with E-state index < -0.39 is 6.10 Å². The van der Waals surface area contributed by atoms with E-state index in [0.717, 1.165) is 16.5 Å². The van der Waals surface area contributed by atoms with Crippen molar-refractivity contribution in [2.75, 3.05) is 13.1 Å². The van der Waals surface area contributed by atoms with Gasteiger partial charge < -0.3 is 10.0 Å². The summed E-state index contributed by atoms with van der Waals surface area (Å²) in [6.07, 6.45) is 3.61. The van der Waals surface area contributed by atoms with Gasteiger partial charge in [-0.15, -0.1) is 0 Å². The third-order valence-corrected chi connectivity index (χ3v) is 6.10. The predicted octanol–water partition coefficient (Wildman–Crippen LogP) is 3.52. The summed E-state index contributed by atoms with van der Waals surface area (Å²) in [7, 11) is 0. The molecule has 1 aliphatic rings. The molecule has 3 aromatic heterocycles. The molecule has 4 aromatic rings. The quantitative estimate of drug-likeness (QED) is 0.550. The second kappa shape index (κ2) is 7.38. The SMILES string of the molecule is Cc1nc2ccc(Cl)cn2c1C(=O)N1C[C@@H](Cc2ccnc3ccccc23)[C@@H](O)C1. The van der Waals surface area contributed by atoms with Gasteiger partial charge in [0.15, 0.2) is 0 Å². The number of aliphatic hydroxyl groups is 1. The van der Waals surface area contributed by atoms with Crippen LogP contribution in [0.1, 0.15) is 21.7 Å². The summed E-state index contributed by atoms with van der Waals surface area (Å²) >= 11 is 6.13. The van der Waals surface area contributed by atoms with Gasteiger partial charge in [0, 0.05) is 36.8 Å². The molecule has 0 radical (unpaired) electrons. The van der Waals surface area contributed by atoms with Gasteiger partial charge in [0.05, 0.1) is 22.3 Å². The summed E-state index contributed by atoms with van der Waals surface area (Å²) in [5.74, 6) is -0.175. The molecule has 1 N–H and O–H groups in total. The van der Waals surface area contributed by atoms with Gasteiger partial charge in [0.1, 0.15) is 11.3 Å². The number of halogens is 1. The first kappa shape index (κ1) is 19.0. The fourth-order valence-electron chi connectivity index (χ4n) is 4.38. The number of fused-ring (bicyclic) bond motifs is 2. The maximum atomic E-state index is 13.3. The Bertz CT molecular complexity index is 1260. The number of imidazole rings is 1. The molecule has 1 amide bonds. The lowest BCUT2D eigenvalue weighted by Crippen LogP contribution is -2.31. The molecular formula is C23H21ClN4O2. The molecule has 1 fully saturated rings. The van der Waals surface area contributed by atoms with E-state index in [2.05, 4.69) is 9.97 Å². The number of likely N-dealkylation sites (tertiary alicyclic amines) is 1. The number of carbonyl (C=O) groups excluding carboxylic acids is 1. The number of nitrogens with zero attached hydrogens (tertiary/aromatic N) is 4. The average molecular weight is 421 g/mol. The van der Waals surface area contributed by atoms with Crippen molar-refractivity contribution in [2.45, 2.75) is 19.4 Å². The molecule has 0 saturated carbocycles. The lowest BCUT2D eigenvalue weighted by molar-refractivity contribution is 0.0757. The minimum absolute atomic E-state index is 0.0390. The van der Waals surface area contributed by atoms with Crippen LogP contribution in [0.5, 0.6) is 0 Å². The molecular weight excluding hydrogens is 400 g/mol. The highest BCUT2D eigenvalue weighted by Crippen LogP contribution is 2.27. The number of hydrogen-bond donors (Lipinski definition) is 1. The topological polar surface area (TPSA) is 70.7 Å². The summed E-state index contributed by atoms with van der Waals surface area (Å²) in [4.78, 5) is 23.9. The summed E-state index contributed by atoms with van der Waals surface area (Å²) in [6, 6.07) is 13.5. The van der Waals surface area contributed by atoms with Crippen LogP contribution >= 0.6 is 11.6 Å². The second-order valence-electron chi connectivity index (χ2n) is 7.85. The summed E-state index contributed by atoms with van der Waals surface area (Å²) < 4.78 is 1.73. The maximum absolute atomic E-state index is 13.3. The maximum Gasteiger partial charge on any atom is 0.272 e. The normalized spacial score (nSPS) is 19.1. The fourth-order valence-corrected chi connectivity index (χ4v) is 4.54. The molecule has 0 spiro atoms. The third-order valence-electron chi connectivity index (χ3n) is 5.87. The Morgan fingerprint density at radius 1 is 1.20 bits per heavy atom. The van der Waals surface area contributed by atoms with Crippen LogP contribution in [-0.4, -0.2) is 49.5 Å². The standard InChI is InChI=1S/C23H21ClN4O2/c1-14-22(28-12-17(24)6-7-21(28)26-14)23(30)27-11-16(20(29)13-27)10-15-8-9-25-19-5-3-2-4-18(15)19/h2-9,12,16,20,29H,10-11,13H2,1H3/t16-,20+/m1/s1. The largest absolute Gasteiger partial charge is 0.391 e. The number of benzene rings is 1. The minimum atomic E-state index is -0.580. The first-order valence-electron chi connectivity index (χ1n) is 9.95. The Morgan fingerprint density at radius 2 is 2.03 bits per heavy atom. The van der Waals surface area contributed by atoms with Crippen molar-refractivity contribution >= 4 is 34.1 Å². The number of β-amino-alcohol motifs (C(OH)–C–C–N with tert-alkyl or cyclic N) is 1. The summed E-state index contributed by atoms with van der Waals surface area (Å²) in [5.41, 5.74) is 3.90. The Morgan fingerprint density at radius 3 is 2.90 bits per heavy atom. The van der Waals surface area contributed by atoms with E-state index >= 15 is 0 Å². The molecule has 30 heavy (non-hydrogen) atoms. The van der Waals surface area contributed by atoms with E-state index in [4.69, 9.17) is 11.6 Å². The first-order chi connectivity index (χ1) is 14.5. The lowest BCUT2D eigenvalue weighted by Gasteiger charge is -2.17. The molecule has 0 bridgehead atoms. The monoisotopic (exact) mass is 420 g/mol. The van der Waals surface area contributed by atoms with Gasteiger partial charge in [-0.2, -0.15) is 0 Å². The van der Waals surface area contributed by atoms with E-state index in [1.54, 1.807) is 33.8 Å². The number of hydrogen-bond acceptors (Lipinski definition) is 4. The zero-order valence-electron chi connectivity index (χ0n) is 16.5. The zero-order chi connectivity index (χ0) is 20.8. The molecule has 7 heteroatoms. The molecule has 4 heterocycles. The smallest absolute Gasteiger partial charge is 0.272 e. The van der Waals surface area contributed by atoms with Crippen molar-refractivity contribution in [3.8, 4) is 0 Å². The van der Waals surface area contributed by atoms with Crippen molar-refractivity contribution in [1.82, 2.24) is 19.3 Å². The Labute approximate surface area is 178 Å². The highest BCUT2D eigenvalue weighted by atomic mass is 35.5.